The summed E-state index contributed by atoms with van der Waals surface area (Å²) in [6.45, 7) is 0. The summed E-state index contributed by atoms with van der Waals surface area (Å²) >= 11 is 12.4. The second-order valence-corrected chi connectivity index (χ2v) is 8.05. The minimum atomic E-state index is -0.554. The third kappa shape index (κ3) is 2.01. The predicted molar refractivity (Wildman–Crippen MR) is 82.2 cm³/mol. The molecule has 1 nitrogen and oxygen atoms in total. The number of aliphatic hydroxyl groups is 1. The van der Waals surface area contributed by atoms with E-state index in [2.05, 4.69) is 0 Å². The second-order valence-electron chi connectivity index (χ2n) is 7.21. The van der Waals surface area contributed by atoms with E-state index in [0.29, 0.717) is 23.3 Å². The van der Waals surface area contributed by atoms with E-state index in [4.69, 9.17) is 23.2 Å². The summed E-state index contributed by atoms with van der Waals surface area (Å²) in [5.74, 6) is 2.67. The molecule has 5 rings (SSSR count). The maximum Gasteiger partial charge on any atom is 0.0744 e. The average Bonchev–Trinajstić information content (AvgIpc) is 2.40. The zero-order chi connectivity index (χ0) is 13.9. The lowest BCUT2D eigenvalue weighted by molar-refractivity contribution is -0.171. The van der Waals surface area contributed by atoms with Crippen LogP contribution in [0.15, 0.2) is 18.2 Å². The first-order valence-electron chi connectivity index (χ1n) is 7.71. The smallest absolute Gasteiger partial charge is 0.0744 e. The Morgan fingerprint density at radius 1 is 1.00 bits per heavy atom. The first-order chi connectivity index (χ1) is 9.54. The topological polar surface area (TPSA) is 20.2 Å². The summed E-state index contributed by atoms with van der Waals surface area (Å²) in [5.41, 5.74) is 0.455. The van der Waals surface area contributed by atoms with E-state index in [0.717, 1.165) is 22.4 Å². The Bertz CT molecular complexity index is 512. The maximum absolute atomic E-state index is 11.4. The number of halogens is 2. The van der Waals surface area contributed by atoms with Crippen LogP contribution in [0.3, 0.4) is 0 Å². The SMILES string of the molecule is OC1(Cc2cc(Cl)ccc2Cl)C2CC3CC(C2)CC1C3. The van der Waals surface area contributed by atoms with Crippen molar-refractivity contribution in [1.82, 2.24) is 0 Å². The fourth-order valence-electron chi connectivity index (χ4n) is 5.27. The van der Waals surface area contributed by atoms with Gasteiger partial charge in [-0.2, -0.15) is 0 Å². The van der Waals surface area contributed by atoms with Gasteiger partial charge in [-0.25, -0.2) is 0 Å². The van der Waals surface area contributed by atoms with Crippen LogP contribution in [0, 0.1) is 23.7 Å². The molecule has 4 aliphatic carbocycles. The molecule has 1 N–H and O–H groups in total. The molecule has 1 aromatic carbocycles. The molecule has 20 heavy (non-hydrogen) atoms. The maximum atomic E-state index is 11.4. The minimum absolute atomic E-state index is 0.466. The Hall–Kier alpha value is -0.240. The predicted octanol–water partition coefficient (Wildman–Crippen LogP) is 4.72. The highest BCUT2D eigenvalue weighted by atomic mass is 35.5. The molecule has 3 heteroatoms. The molecule has 0 spiro atoms. The molecule has 1 aromatic rings. The molecule has 0 aromatic heterocycles. The molecule has 4 fully saturated rings. The molecule has 4 saturated carbocycles. The molecule has 4 bridgehead atoms. The van der Waals surface area contributed by atoms with Gasteiger partial charge in [-0.05, 0) is 79.5 Å². The van der Waals surface area contributed by atoms with Crippen molar-refractivity contribution in [3.63, 3.8) is 0 Å². The summed E-state index contributed by atoms with van der Waals surface area (Å²) in [4.78, 5) is 0. The Morgan fingerprint density at radius 3 is 2.20 bits per heavy atom. The van der Waals surface area contributed by atoms with Gasteiger partial charge >= 0.3 is 0 Å². The summed E-state index contributed by atoms with van der Waals surface area (Å²) in [6, 6.07) is 5.58. The highest BCUT2D eigenvalue weighted by Crippen LogP contribution is 2.59. The van der Waals surface area contributed by atoms with Crippen molar-refractivity contribution in [3.05, 3.63) is 33.8 Å². The normalized spacial score (nSPS) is 42.1. The third-order valence-corrected chi connectivity index (χ3v) is 6.64. The van der Waals surface area contributed by atoms with Crippen molar-refractivity contribution in [2.75, 3.05) is 0 Å². The largest absolute Gasteiger partial charge is 0.389 e. The van der Waals surface area contributed by atoms with Gasteiger partial charge in [0.15, 0.2) is 0 Å². The Labute approximate surface area is 130 Å². The van der Waals surface area contributed by atoms with Gasteiger partial charge in [0.05, 0.1) is 5.60 Å². The van der Waals surface area contributed by atoms with Crippen LogP contribution in [-0.4, -0.2) is 10.7 Å². The Balaban J connectivity index is 1.66. The zero-order valence-corrected chi connectivity index (χ0v) is 13.0. The molecule has 108 valence electrons. The highest BCUT2D eigenvalue weighted by Gasteiger charge is 2.56. The van der Waals surface area contributed by atoms with Crippen molar-refractivity contribution in [2.24, 2.45) is 23.7 Å². The van der Waals surface area contributed by atoms with Crippen LogP contribution in [-0.2, 0) is 6.42 Å². The van der Waals surface area contributed by atoms with Crippen LogP contribution in [0.4, 0.5) is 0 Å². The molecule has 0 aliphatic heterocycles. The Morgan fingerprint density at radius 2 is 1.60 bits per heavy atom. The molecule has 0 saturated heterocycles. The van der Waals surface area contributed by atoms with Crippen molar-refractivity contribution >= 4 is 23.2 Å². The number of hydrogen-bond acceptors (Lipinski definition) is 1. The number of hydrogen-bond donors (Lipinski definition) is 1. The van der Waals surface area contributed by atoms with E-state index in [1.807, 2.05) is 18.2 Å². The van der Waals surface area contributed by atoms with Crippen molar-refractivity contribution in [3.8, 4) is 0 Å². The molecular formula is C17H20Cl2O. The summed E-state index contributed by atoms with van der Waals surface area (Å²) in [7, 11) is 0. The molecule has 0 amide bonds. The van der Waals surface area contributed by atoms with Gasteiger partial charge in [0, 0.05) is 16.5 Å². The quantitative estimate of drug-likeness (QED) is 0.837. The molecule has 0 heterocycles. The molecule has 4 aliphatic rings. The second kappa shape index (κ2) is 4.63. The molecule has 0 radical (unpaired) electrons. The lowest BCUT2D eigenvalue weighted by Crippen LogP contribution is -2.58. The van der Waals surface area contributed by atoms with Crippen LogP contribution < -0.4 is 0 Å². The van der Waals surface area contributed by atoms with Crippen molar-refractivity contribution in [2.45, 2.75) is 44.1 Å². The highest BCUT2D eigenvalue weighted by molar-refractivity contribution is 6.33. The third-order valence-electron chi connectivity index (χ3n) is 6.03. The Kier molecular flexibility index (Phi) is 3.11. The standard InChI is InChI=1S/C17H20Cl2O/c18-15-1-2-16(19)12(8-15)9-17(20)13-4-10-3-11(6-13)7-14(17)5-10/h1-2,8,10-11,13-14,20H,3-7,9H2. The van der Waals surface area contributed by atoms with E-state index in [-0.39, 0.29) is 0 Å². The fourth-order valence-corrected chi connectivity index (χ4v) is 5.65. The molecule has 0 atom stereocenters. The van der Waals surface area contributed by atoms with Crippen LogP contribution in [0.5, 0.6) is 0 Å². The number of benzene rings is 1. The van der Waals surface area contributed by atoms with E-state index < -0.39 is 5.60 Å². The van der Waals surface area contributed by atoms with Crippen LogP contribution >= 0.6 is 23.2 Å². The van der Waals surface area contributed by atoms with E-state index in [1.165, 1.54) is 32.1 Å². The first-order valence-corrected chi connectivity index (χ1v) is 8.46. The van der Waals surface area contributed by atoms with Gasteiger partial charge in [0.25, 0.3) is 0 Å². The molecule has 0 unspecified atom stereocenters. The van der Waals surface area contributed by atoms with E-state index in [9.17, 15) is 5.11 Å². The van der Waals surface area contributed by atoms with E-state index >= 15 is 0 Å². The summed E-state index contributed by atoms with van der Waals surface area (Å²) in [5, 5.41) is 12.8. The lowest BCUT2D eigenvalue weighted by Gasteiger charge is -2.59. The van der Waals surface area contributed by atoms with Crippen LogP contribution in [0.1, 0.15) is 37.7 Å². The zero-order valence-electron chi connectivity index (χ0n) is 11.5. The molecular weight excluding hydrogens is 291 g/mol. The summed E-state index contributed by atoms with van der Waals surface area (Å²) in [6.07, 6.45) is 6.91. The van der Waals surface area contributed by atoms with Gasteiger partial charge in [-0.3, -0.25) is 0 Å². The van der Waals surface area contributed by atoms with Gasteiger partial charge in [-0.15, -0.1) is 0 Å². The van der Waals surface area contributed by atoms with Crippen molar-refractivity contribution in [1.29, 1.82) is 0 Å². The number of rotatable bonds is 2. The van der Waals surface area contributed by atoms with Crippen LogP contribution in [0.2, 0.25) is 10.0 Å². The summed E-state index contributed by atoms with van der Waals surface area (Å²) < 4.78 is 0. The van der Waals surface area contributed by atoms with Crippen LogP contribution in [0.25, 0.3) is 0 Å². The van der Waals surface area contributed by atoms with Crippen molar-refractivity contribution < 1.29 is 5.11 Å². The van der Waals surface area contributed by atoms with Gasteiger partial charge in [0.2, 0.25) is 0 Å². The minimum Gasteiger partial charge on any atom is -0.389 e. The lowest BCUT2D eigenvalue weighted by atomic mass is 9.49. The fraction of sp³-hybridized carbons (Fsp3) is 0.647. The van der Waals surface area contributed by atoms with Gasteiger partial charge in [0.1, 0.15) is 0 Å². The monoisotopic (exact) mass is 310 g/mol. The van der Waals surface area contributed by atoms with Gasteiger partial charge in [-0.1, -0.05) is 23.2 Å². The first kappa shape index (κ1) is 13.4. The average molecular weight is 311 g/mol. The van der Waals surface area contributed by atoms with Gasteiger partial charge < -0.3 is 5.11 Å². The van der Waals surface area contributed by atoms with E-state index in [1.54, 1.807) is 0 Å².